The lowest BCUT2D eigenvalue weighted by Crippen LogP contribution is -2.20. The minimum absolute atomic E-state index is 0.0230. The van der Waals surface area contributed by atoms with Gasteiger partial charge in [0.1, 0.15) is 0 Å². The fraction of sp³-hybridized carbons (Fsp3) is 0.312. The number of amides is 1. The number of H-pyrrole nitrogens is 1. The Morgan fingerprint density at radius 3 is 3.09 bits per heavy atom. The average molecular weight is 314 g/mol. The van der Waals surface area contributed by atoms with Gasteiger partial charge in [0, 0.05) is 16.8 Å². The predicted octanol–water partition coefficient (Wildman–Crippen LogP) is 1.77. The van der Waals surface area contributed by atoms with Crippen LogP contribution < -0.4 is 10.2 Å². The first-order valence-corrected chi connectivity index (χ1v) is 7.46. The molecule has 1 aromatic heterocycles. The van der Waals surface area contributed by atoms with Crippen molar-refractivity contribution in [2.75, 3.05) is 7.11 Å². The number of benzene rings is 1. The molecule has 1 heterocycles. The van der Waals surface area contributed by atoms with Crippen LogP contribution in [0, 0.1) is 0 Å². The summed E-state index contributed by atoms with van der Waals surface area (Å²) in [6, 6.07) is 5.04. The normalized spacial score (nSPS) is 13.8. The Morgan fingerprint density at radius 1 is 1.43 bits per heavy atom. The number of aryl methyl sites for hydroxylation is 1. The summed E-state index contributed by atoms with van der Waals surface area (Å²) in [5.74, 6) is -0.0326. The van der Waals surface area contributed by atoms with Crippen LogP contribution in [-0.2, 0) is 12.8 Å². The van der Waals surface area contributed by atoms with Gasteiger partial charge in [-0.1, -0.05) is 6.07 Å². The van der Waals surface area contributed by atoms with E-state index in [1.165, 1.54) is 13.3 Å². The van der Waals surface area contributed by atoms with Crippen LogP contribution in [0.15, 0.2) is 23.3 Å². The van der Waals surface area contributed by atoms with Gasteiger partial charge in [-0.2, -0.15) is 10.2 Å². The minimum atomic E-state index is -0.358. The predicted molar refractivity (Wildman–Crippen MR) is 84.9 cm³/mol. The van der Waals surface area contributed by atoms with E-state index in [4.69, 9.17) is 4.74 Å². The van der Waals surface area contributed by atoms with Gasteiger partial charge in [-0.05, 0) is 37.8 Å². The van der Waals surface area contributed by atoms with Gasteiger partial charge in [-0.3, -0.25) is 9.89 Å². The van der Waals surface area contributed by atoms with Crippen LogP contribution in [0.25, 0.3) is 0 Å². The molecule has 7 nitrogen and oxygen atoms in total. The van der Waals surface area contributed by atoms with E-state index in [0.717, 1.165) is 36.9 Å². The van der Waals surface area contributed by atoms with E-state index < -0.39 is 0 Å². The van der Waals surface area contributed by atoms with E-state index in [2.05, 4.69) is 20.7 Å². The zero-order valence-electron chi connectivity index (χ0n) is 12.8. The Labute approximate surface area is 133 Å². The van der Waals surface area contributed by atoms with Gasteiger partial charge in [-0.15, -0.1) is 0 Å². The van der Waals surface area contributed by atoms with Gasteiger partial charge in [0.2, 0.25) is 0 Å². The highest BCUT2D eigenvalue weighted by Gasteiger charge is 2.21. The van der Waals surface area contributed by atoms with Crippen molar-refractivity contribution >= 4 is 12.1 Å². The highest BCUT2D eigenvalue weighted by molar-refractivity contribution is 5.95. The number of ether oxygens (including phenoxy) is 1. The number of aromatic hydroxyl groups is 1. The summed E-state index contributed by atoms with van der Waals surface area (Å²) < 4.78 is 5.02. The van der Waals surface area contributed by atoms with Crippen molar-refractivity contribution in [3.05, 3.63) is 40.7 Å². The van der Waals surface area contributed by atoms with Crippen molar-refractivity contribution in [3.63, 3.8) is 0 Å². The van der Waals surface area contributed by atoms with Crippen molar-refractivity contribution in [3.8, 4) is 11.5 Å². The monoisotopic (exact) mass is 314 g/mol. The standard InChI is InChI=1S/C16H18N4O3/c1-23-13-8-4-5-10(15(13)21)9-17-20-16(22)14-11-6-2-3-7-12(11)18-19-14/h4-5,8-9,21H,2-3,6-7H2,1H3,(H,18,19)(H,20,22)/b17-9-. The van der Waals surface area contributed by atoms with Crippen LogP contribution in [0.4, 0.5) is 0 Å². The molecule has 0 saturated carbocycles. The first-order valence-electron chi connectivity index (χ1n) is 7.46. The lowest BCUT2D eigenvalue weighted by molar-refractivity contribution is 0.0949. The Kier molecular flexibility index (Phi) is 4.27. The van der Waals surface area contributed by atoms with E-state index >= 15 is 0 Å². The number of aromatic amines is 1. The minimum Gasteiger partial charge on any atom is -0.504 e. The maximum atomic E-state index is 12.2. The molecular weight excluding hydrogens is 296 g/mol. The highest BCUT2D eigenvalue weighted by Crippen LogP contribution is 2.28. The molecule has 7 heteroatoms. The maximum Gasteiger partial charge on any atom is 0.292 e. The van der Waals surface area contributed by atoms with Crippen molar-refractivity contribution < 1.29 is 14.6 Å². The van der Waals surface area contributed by atoms with E-state index in [1.54, 1.807) is 18.2 Å². The smallest absolute Gasteiger partial charge is 0.292 e. The molecule has 1 aliphatic carbocycles. The second-order valence-corrected chi connectivity index (χ2v) is 5.33. The number of para-hydroxylation sites is 1. The highest BCUT2D eigenvalue weighted by atomic mass is 16.5. The van der Waals surface area contributed by atoms with Crippen LogP contribution in [0.5, 0.6) is 11.5 Å². The van der Waals surface area contributed by atoms with Gasteiger partial charge >= 0.3 is 0 Å². The fourth-order valence-electron chi connectivity index (χ4n) is 2.69. The summed E-state index contributed by atoms with van der Waals surface area (Å²) in [6.07, 6.45) is 5.33. The number of hydrogen-bond acceptors (Lipinski definition) is 5. The molecule has 0 radical (unpaired) electrons. The number of nitrogens with zero attached hydrogens (tertiary/aromatic N) is 2. The molecule has 0 spiro atoms. The summed E-state index contributed by atoms with van der Waals surface area (Å²) in [4.78, 5) is 12.2. The van der Waals surface area contributed by atoms with Crippen LogP contribution in [0.1, 0.15) is 40.2 Å². The molecule has 0 bridgehead atoms. The molecule has 1 amide bonds. The summed E-state index contributed by atoms with van der Waals surface area (Å²) in [5, 5.41) is 20.8. The molecule has 0 saturated heterocycles. The van der Waals surface area contributed by atoms with Gasteiger partial charge in [-0.25, -0.2) is 5.43 Å². The molecule has 0 aliphatic heterocycles. The van der Waals surface area contributed by atoms with Gasteiger partial charge in [0.25, 0.3) is 5.91 Å². The lowest BCUT2D eigenvalue weighted by Gasteiger charge is -2.10. The quantitative estimate of drug-likeness (QED) is 0.591. The Bertz CT molecular complexity index is 752. The summed E-state index contributed by atoms with van der Waals surface area (Å²) in [7, 11) is 1.47. The van der Waals surface area contributed by atoms with E-state index in [1.807, 2.05) is 0 Å². The third kappa shape index (κ3) is 3.03. The van der Waals surface area contributed by atoms with Crippen LogP contribution in [0.3, 0.4) is 0 Å². The van der Waals surface area contributed by atoms with Gasteiger partial charge < -0.3 is 9.84 Å². The largest absolute Gasteiger partial charge is 0.504 e. The molecule has 23 heavy (non-hydrogen) atoms. The van der Waals surface area contributed by atoms with Gasteiger partial charge in [0.05, 0.1) is 13.3 Å². The molecule has 1 aromatic carbocycles. The summed E-state index contributed by atoms with van der Waals surface area (Å²) >= 11 is 0. The zero-order valence-corrected chi connectivity index (χ0v) is 12.8. The number of nitrogens with one attached hydrogen (secondary N) is 2. The molecule has 0 atom stereocenters. The number of methoxy groups -OCH3 is 1. The lowest BCUT2D eigenvalue weighted by atomic mass is 9.96. The van der Waals surface area contributed by atoms with E-state index in [9.17, 15) is 9.90 Å². The first kappa shape index (κ1) is 15.1. The van der Waals surface area contributed by atoms with Crippen LogP contribution in [0.2, 0.25) is 0 Å². The Morgan fingerprint density at radius 2 is 2.26 bits per heavy atom. The number of phenols is 1. The van der Waals surface area contributed by atoms with E-state index in [0.29, 0.717) is 17.0 Å². The number of hydrogen-bond donors (Lipinski definition) is 3. The molecular formula is C16H18N4O3. The van der Waals surface area contributed by atoms with Crippen molar-refractivity contribution in [1.82, 2.24) is 15.6 Å². The van der Waals surface area contributed by atoms with E-state index in [-0.39, 0.29) is 11.7 Å². The molecule has 120 valence electrons. The number of aromatic nitrogens is 2. The fourth-order valence-corrected chi connectivity index (χ4v) is 2.69. The number of hydrazone groups is 1. The zero-order chi connectivity index (χ0) is 16.2. The number of fused-ring (bicyclic) bond motifs is 1. The number of phenolic OH excluding ortho intramolecular Hbond substituents is 1. The maximum absolute atomic E-state index is 12.2. The van der Waals surface area contributed by atoms with Crippen molar-refractivity contribution in [1.29, 1.82) is 0 Å². The topological polar surface area (TPSA) is 99.6 Å². The molecule has 3 rings (SSSR count). The SMILES string of the molecule is COc1cccc(/C=N\NC(=O)c2n[nH]c3c2CCCC3)c1O. The molecule has 1 aliphatic rings. The summed E-state index contributed by atoms with van der Waals surface area (Å²) in [6.45, 7) is 0. The molecule has 0 unspecified atom stereocenters. The molecule has 0 fully saturated rings. The number of carbonyl (C=O) groups excluding carboxylic acids is 1. The van der Waals surface area contributed by atoms with Crippen molar-refractivity contribution in [2.24, 2.45) is 5.10 Å². The Hall–Kier alpha value is -2.83. The second-order valence-electron chi connectivity index (χ2n) is 5.33. The molecule has 3 N–H and O–H groups in total. The molecule has 2 aromatic rings. The third-order valence-corrected chi connectivity index (χ3v) is 3.89. The third-order valence-electron chi connectivity index (χ3n) is 3.89. The van der Waals surface area contributed by atoms with Gasteiger partial charge in [0.15, 0.2) is 17.2 Å². The van der Waals surface area contributed by atoms with Crippen LogP contribution in [-0.4, -0.2) is 34.5 Å². The number of carbonyl (C=O) groups is 1. The first-order chi connectivity index (χ1) is 11.2. The average Bonchev–Trinajstić information content (AvgIpc) is 3.00. The number of rotatable bonds is 4. The summed E-state index contributed by atoms with van der Waals surface area (Å²) in [5.41, 5.74) is 5.31. The second kappa shape index (κ2) is 6.51. The van der Waals surface area contributed by atoms with Crippen molar-refractivity contribution in [2.45, 2.75) is 25.7 Å². The van der Waals surface area contributed by atoms with Crippen LogP contribution >= 0.6 is 0 Å². The Balaban J connectivity index is 1.71.